The van der Waals surface area contributed by atoms with Gasteiger partial charge in [-0.15, -0.1) is 0 Å². The van der Waals surface area contributed by atoms with Crippen molar-refractivity contribution in [3.05, 3.63) is 47.1 Å². The molecule has 84 valence electrons. The Kier molecular flexibility index (Phi) is 2.88. The molecule has 1 aromatic carbocycles. The Hall–Kier alpha value is -1.48. The van der Waals surface area contributed by atoms with Crippen molar-refractivity contribution in [2.45, 2.75) is 12.3 Å². The third-order valence-electron chi connectivity index (χ3n) is 2.79. The fraction of sp³-hybridized carbons (Fsp3) is 0.250. The molecule has 2 rings (SSSR count). The highest BCUT2D eigenvalue weighted by Crippen LogP contribution is 2.51. The molecule has 1 aliphatic carbocycles. The van der Waals surface area contributed by atoms with E-state index in [0.29, 0.717) is 11.8 Å². The van der Waals surface area contributed by atoms with Crippen LogP contribution in [0.1, 0.15) is 17.9 Å². The van der Waals surface area contributed by atoms with Crippen molar-refractivity contribution in [3.8, 4) is 0 Å². The van der Waals surface area contributed by atoms with Crippen molar-refractivity contribution in [2.24, 2.45) is 22.4 Å². The summed E-state index contributed by atoms with van der Waals surface area (Å²) in [5, 5.41) is 0.754. The molecule has 0 aromatic heterocycles. The number of allylic oxidation sites excluding steroid dienone is 1. The molecule has 1 fully saturated rings. The number of nitrogens with zero attached hydrogens (tertiary/aromatic N) is 1. The van der Waals surface area contributed by atoms with Gasteiger partial charge >= 0.3 is 0 Å². The Labute approximate surface area is 99.8 Å². The summed E-state index contributed by atoms with van der Waals surface area (Å²) in [6.07, 6.45) is 1.05. The summed E-state index contributed by atoms with van der Waals surface area (Å²) < 4.78 is 0. The molecule has 1 saturated carbocycles. The van der Waals surface area contributed by atoms with Crippen LogP contribution in [-0.4, -0.2) is 5.96 Å². The second-order valence-electron chi connectivity index (χ2n) is 4.03. The molecule has 1 aromatic rings. The number of benzene rings is 1. The predicted octanol–water partition coefficient (Wildman–Crippen LogP) is 2.23. The van der Waals surface area contributed by atoms with Gasteiger partial charge in [-0.05, 0) is 30.0 Å². The fourth-order valence-electron chi connectivity index (χ4n) is 1.89. The average Bonchev–Trinajstić information content (AvgIpc) is 2.97. The maximum absolute atomic E-state index is 5.83. The SMILES string of the molecule is C=C(N=C(N)N)C1CC1c1ccc(Cl)cc1. The van der Waals surface area contributed by atoms with Crippen molar-refractivity contribution in [1.29, 1.82) is 0 Å². The minimum Gasteiger partial charge on any atom is -0.370 e. The van der Waals surface area contributed by atoms with Gasteiger partial charge in [-0.25, -0.2) is 4.99 Å². The molecular weight excluding hydrogens is 222 g/mol. The summed E-state index contributed by atoms with van der Waals surface area (Å²) in [4.78, 5) is 3.98. The summed E-state index contributed by atoms with van der Waals surface area (Å²) >= 11 is 5.83. The third-order valence-corrected chi connectivity index (χ3v) is 3.04. The van der Waals surface area contributed by atoms with Gasteiger partial charge in [-0.1, -0.05) is 30.3 Å². The lowest BCUT2D eigenvalue weighted by molar-refractivity contribution is 0.925. The van der Waals surface area contributed by atoms with Gasteiger partial charge in [-0.2, -0.15) is 0 Å². The van der Waals surface area contributed by atoms with Crippen LogP contribution in [0.15, 0.2) is 41.5 Å². The normalized spacial score (nSPS) is 22.6. The molecule has 0 heterocycles. The monoisotopic (exact) mass is 235 g/mol. The van der Waals surface area contributed by atoms with Crippen LogP contribution in [-0.2, 0) is 0 Å². The van der Waals surface area contributed by atoms with Crippen molar-refractivity contribution in [2.75, 3.05) is 0 Å². The summed E-state index contributed by atoms with van der Waals surface area (Å²) in [6.45, 7) is 3.88. The predicted molar refractivity (Wildman–Crippen MR) is 67.2 cm³/mol. The first-order valence-electron chi connectivity index (χ1n) is 5.12. The summed E-state index contributed by atoms with van der Waals surface area (Å²) in [7, 11) is 0. The van der Waals surface area contributed by atoms with Crippen LogP contribution >= 0.6 is 11.6 Å². The minimum absolute atomic E-state index is 0.0757. The molecule has 3 nitrogen and oxygen atoms in total. The second-order valence-corrected chi connectivity index (χ2v) is 4.46. The van der Waals surface area contributed by atoms with Crippen LogP contribution in [0.2, 0.25) is 5.02 Å². The van der Waals surface area contributed by atoms with Crippen molar-refractivity contribution >= 4 is 17.6 Å². The van der Waals surface area contributed by atoms with Crippen molar-refractivity contribution < 1.29 is 0 Å². The molecular formula is C12H14ClN3. The third kappa shape index (κ3) is 2.36. The number of halogens is 1. The number of aliphatic imine (C=N–C) groups is 1. The van der Waals surface area contributed by atoms with E-state index >= 15 is 0 Å². The highest BCUT2D eigenvalue weighted by molar-refractivity contribution is 6.30. The van der Waals surface area contributed by atoms with Gasteiger partial charge in [0.25, 0.3) is 0 Å². The van der Waals surface area contributed by atoms with Gasteiger partial charge in [0.2, 0.25) is 0 Å². The number of nitrogens with two attached hydrogens (primary N) is 2. The molecule has 0 amide bonds. The Balaban J connectivity index is 2.04. The summed E-state index contributed by atoms with van der Waals surface area (Å²) in [6, 6.07) is 7.87. The maximum Gasteiger partial charge on any atom is 0.190 e. The van der Waals surface area contributed by atoms with Crippen LogP contribution < -0.4 is 11.5 Å². The summed E-state index contributed by atoms with van der Waals surface area (Å²) in [5.74, 6) is 0.919. The van der Waals surface area contributed by atoms with E-state index in [1.165, 1.54) is 5.56 Å². The van der Waals surface area contributed by atoms with Crippen LogP contribution in [0.3, 0.4) is 0 Å². The topological polar surface area (TPSA) is 64.4 Å². The van der Waals surface area contributed by atoms with E-state index in [4.69, 9.17) is 23.1 Å². The van der Waals surface area contributed by atoms with Gasteiger partial charge in [-0.3, -0.25) is 0 Å². The van der Waals surface area contributed by atoms with Gasteiger partial charge in [0.05, 0.1) is 0 Å². The van der Waals surface area contributed by atoms with Crippen LogP contribution in [0.4, 0.5) is 0 Å². The van der Waals surface area contributed by atoms with Crippen LogP contribution in [0, 0.1) is 5.92 Å². The molecule has 16 heavy (non-hydrogen) atoms. The second kappa shape index (κ2) is 4.18. The molecule has 2 atom stereocenters. The number of hydrogen-bond acceptors (Lipinski definition) is 1. The smallest absolute Gasteiger partial charge is 0.190 e. The molecule has 0 bridgehead atoms. The Bertz CT molecular complexity index is 432. The van der Waals surface area contributed by atoms with E-state index in [1.807, 2.05) is 24.3 Å². The quantitative estimate of drug-likeness (QED) is 0.623. The maximum atomic E-state index is 5.83. The Morgan fingerprint density at radius 2 is 1.94 bits per heavy atom. The lowest BCUT2D eigenvalue weighted by Gasteiger charge is -2.01. The zero-order valence-electron chi connectivity index (χ0n) is 8.86. The van der Waals surface area contributed by atoms with E-state index in [2.05, 4.69) is 11.6 Å². The number of guanidine groups is 1. The molecule has 4 N–H and O–H groups in total. The molecule has 4 heteroatoms. The van der Waals surface area contributed by atoms with E-state index in [9.17, 15) is 0 Å². The van der Waals surface area contributed by atoms with Crippen molar-refractivity contribution in [1.82, 2.24) is 0 Å². The zero-order chi connectivity index (χ0) is 11.7. The molecule has 0 spiro atoms. The van der Waals surface area contributed by atoms with Crippen LogP contribution in [0.5, 0.6) is 0 Å². The Morgan fingerprint density at radius 3 is 2.50 bits per heavy atom. The van der Waals surface area contributed by atoms with Crippen LogP contribution in [0.25, 0.3) is 0 Å². The first kappa shape index (κ1) is 11.0. The molecule has 0 aliphatic heterocycles. The zero-order valence-corrected chi connectivity index (χ0v) is 9.61. The largest absolute Gasteiger partial charge is 0.370 e. The first-order chi connectivity index (χ1) is 7.58. The van der Waals surface area contributed by atoms with E-state index in [-0.39, 0.29) is 5.96 Å². The van der Waals surface area contributed by atoms with E-state index in [1.54, 1.807) is 0 Å². The number of hydrogen-bond donors (Lipinski definition) is 2. The average molecular weight is 236 g/mol. The van der Waals surface area contributed by atoms with Crippen molar-refractivity contribution in [3.63, 3.8) is 0 Å². The first-order valence-corrected chi connectivity index (χ1v) is 5.49. The minimum atomic E-state index is 0.0757. The highest BCUT2D eigenvalue weighted by Gasteiger charge is 2.40. The lowest BCUT2D eigenvalue weighted by Crippen LogP contribution is -2.22. The van der Waals surface area contributed by atoms with Gasteiger partial charge < -0.3 is 11.5 Å². The summed E-state index contributed by atoms with van der Waals surface area (Å²) in [5.41, 5.74) is 12.7. The van der Waals surface area contributed by atoms with E-state index in [0.717, 1.165) is 17.1 Å². The van der Waals surface area contributed by atoms with Gasteiger partial charge in [0.15, 0.2) is 5.96 Å². The molecule has 0 saturated heterocycles. The molecule has 0 radical (unpaired) electrons. The lowest BCUT2D eigenvalue weighted by atomic mass is 10.1. The van der Waals surface area contributed by atoms with Gasteiger partial charge in [0, 0.05) is 16.6 Å². The number of rotatable bonds is 3. The van der Waals surface area contributed by atoms with E-state index < -0.39 is 0 Å². The van der Waals surface area contributed by atoms with Gasteiger partial charge in [0.1, 0.15) is 0 Å². The fourth-order valence-corrected chi connectivity index (χ4v) is 2.02. The standard InChI is InChI=1S/C12H14ClN3/c1-7(16-12(14)15)10-6-11(10)8-2-4-9(13)5-3-8/h2-5,10-11H,1,6H2,(H4,14,15,16). The highest BCUT2D eigenvalue weighted by atomic mass is 35.5. The Morgan fingerprint density at radius 1 is 1.31 bits per heavy atom. The molecule has 2 unspecified atom stereocenters. The molecule has 1 aliphatic rings.